The molecule has 0 spiro atoms. The summed E-state index contributed by atoms with van der Waals surface area (Å²) in [5.74, 6) is 0.501. The fraction of sp³-hybridized carbons (Fsp3) is 0.438. The van der Waals surface area contributed by atoms with Crippen molar-refractivity contribution in [3.05, 3.63) is 24.5 Å². The third-order valence-corrected chi connectivity index (χ3v) is 4.38. The van der Waals surface area contributed by atoms with Crippen LogP contribution >= 0.6 is 0 Å². The first-order chi connectivity index (χ1) is 13.0. The Morgan fingerprint density at radius 1 is 1.41 bits per heavy atom. The maximum atomic E-state index is 12.2. The molecule has 9 nitrogen and oxygen atoms in total. The number of rotatable bonds is 6. The summed E-state index contributed by atoms with van der Waals surface area (Å²) in [6.07, 6.45) is 4.45. The molecule has 0 aromatic carbocycles. The topological polar surface area (TPSA) is 110 Å². The van der Waals surface area contributed by atoms with Crippen molar-refractivity contribution in [1.29, 1.82) is 0 Å². The van der Waals surface area contributed by atoms with Gasteiger partial charge < -0.3 is 24.5 Å². The Morgan fingerprint density at radius 2 is 2.22 bits per heavy atom. The predicted octanol–water partition coefficient (Wildman–Crippen LogP) is 2.04. The molecule has 0 unspecified atom stereocenters. The number of ether oxygens (including phenoxy) is 2. The van der Waals surface area contributed by atoms with Crippen LogP contribution in [0.1, 0.15) is 12.8 Å². The molecule has 0 bridgehead atoms. The number of halogens is 2. The van der Waals surface area contributed by atoms with E-state index >= 15 is 0 Å². The molecule has 11 heteroatoms. The molecule has 1 fully saturated rings. The quantitative estimate of drug-likeness (QED) is 0.600. The molecule has 0 radical (unpaired) electrons. The Hall–Kier alpha value is -2.79. The van der Waals surface area contributed by atoms with Crippen molar-refractivity contribution >= 4 is 22.8 Å². The lowest BCUT2D eigenvalue weighted by Gasteiger charge is -2.32. The van der Waals surface area contributed by atoms with E-state index in [1.165, 1.54) is 12.3 Å². The largest absolute Gasteiger partial charge is 0.415 e. The number of alkyl halides is 2. The number of H-pyrrole nitrogens is 1. The number of anilines is 2. The van der Waals surface area contributed by atoms with Crippen molar-refractivity contribution in [3.8, 4) is 5.88 Å². The second-order valence-corrected chi connectivity index (χ2v) is 6.37. The van der Waals surface area contributed by atoms with Gasteiger partial charge in [0.1, 0.15) is 11.3 Å². The van der Waals surface area contributed by atoms with E-state index in [0.717, 1.165) is 0 Å². The van der Waals surface area contributed by atoms with Gasteiger partial charge in [-0.1, -0.05) is 0 Å². The Morgan fingerprint density at radius 3 is 3.00 bits per heavy atom. The standard InChI is InChI=1S/C16H18F2N6O3/c17-15(18)27-13-7-11(22-23-13)20-12-8-19-10-1-4-24(14(10)21-12)9-16(25)2-5-26-6-3-16/h1,4,7-8,15,25H,2-3,5-6,9H2,(H2,20,21,22,23). The highest BCUT2D eigenvalue weighted by Crippen LogP contribution is 2.25. The van der Waals surface area contributed by atoms with Crippen LogP contribution in [0.15, 0.2) is 24.5 Å². The van der Waals surface area contributed by atoms with Gasteiger partial charge in [-0.25, -0.2) is 9.97 Å². The van der Waals surface area contributed by atoms with Crippen molar-refractivity contribution in [2.24, 2.45) is 0 Å². The van der Waals surface area contributed by atoms with Crippen LogP contribution in [0.4, 0.5) is 20.4 Å². The molecule has 144 valence electrons. The highest BCUT2D eigenvalue weighted by molar-refractivity contribution is 5.73. The van der Waals surface area contributed by atoms with E-state index < -0.39 is 12.2 Å². The van der Waals surface area contributed by atoms with E-state index in [2.05, 4.69) is 30.2 Å². The van der Waals surface area contributed by atoms with Crippen molar-refractivity contribution in [2.45, 2.75) is 31.6 Å². The summed E-state index contributed by atoms with van der Waals surface area (Å²) >= 11 is 0. The van der Waals surface area contributed by atoms with Gasteiger partial charge in [0, 0.05) is 38.3 Å². The lowest BCUT2D eigenvalue weighted by atomic mass is 9.94. The van der Waals surface area contributed by atoms with Gasteiger partial charge in [0.25, 0.3) is 0 Å². The molecule has 3 aromatic heterocycles. The second kappa shape index (κ2) is 7.08. The normalized spacial score (nSPS) is 16.7. The Kier molecular flexibility index (Phi) is 4.62. The minimum atomic E-state index is -2.95. The van der Waals surface area contributed by atoms with Crippen molar-refractivity contribution in [2.75, 3.05) is 18.5 Å². The number of aromatic nitrogens is 5. The average Bonchev–Trinajstić information content (AvgIpc) is 3.22. The number of hydrogen-bond acceptors (Lipinski definition) is 7. The summed E-state index contributed by atoms with van der Waals surface area (Å²) in [5.41, 5.74) is 0.436. The molecule has 4 rings (SSSR count). The van der Waals surface area contributed by atoms with Gasteiger partial charge in [0.05, 0.1) is 18.3 Å². The zero-order valence-corrected chi connectivity index (χ0v) is 14.2. The van der Waals surface area contributed by atoms with Crippen LogP contribution in [0.2, 0.25) is 0 Å². The highest BCUT2D eigenvalue weighted by Gasteiger charge is 2.30. The van der Waals surface area contributed by atoms with E-state index in [9.17, 15) is 13.9 Å². The molecule has 0 aliphatic carbocycles. The molecule has 0 atom stereocenters. The number of fused-ring (bicyclic) bond motifs is 1. The first-order valence-corrected chi connectivity index (χ1v) is 8.40. The van der Waals surface area contributed by atoms with Crippen LogP contribution in [0.25, 0.3) is 11.2 Å². The molecule has 0 saturated carbocycles. The van der Waals surface area contributed by atoms with Gasteiger partial charge in [-0.2, -0.15) is 8.78 Å². The van der Waals surface area contributed by atoms with E-state index in [1.54, 1.807) is 0 Å². The number of nitrogens with one attached hydrogen (secondary N) is 2. The van der Waals surface area contributed by atoms with Crippen LogP contribution in [0.3, 0.4) is 0 Å². The molecule has 4 heterocycles. The smallest absolute Gasteiger partial charge is 0.388 e. The zero-order valence-electron chi connectivity index (χ0n) is 14.2. The molecular formula is C16H18F2N6O3. The highest BCUT2D eigenvalue weighted by atomic mass is 19.3. The van der Waals surface area contributed by atoms with Gasteiger partial charge in [0.2, 0.25) is 5.88 Å². The third kappa shape index (κ3) is 3.98. The molecule has 3 aromatic rings. The monoisotopic (exact) mass is 380 g/mol. The zero-order chi connectivity index (χ0) is 18.9. The van der Waals surface area contributed by atoms with Gasteiger partial charge in [-0.3, -0.25) is 5.10 Å². The third-order valence-electron chi connectivity index (χ3n) is 4.38. The average molecular weight is 380 g/mol. The van der Waals surface area contributed by atoms with Crippen LogP contribution < -0.4 is 10.1 Å². The first kappa shape index (κ1) is 17.6. The fourth-order valence-corrected chi connectivity index (χ4v) is 3.02. The first-order valence-electron chi connectivity index (χ1n) is 8.40. The second-order valence-electron chi connectivity index (χ2n) is 6.37. The van der Waals surface area contributed by atoms with Crippen LogP contribution in [0.5, 0.6) is 5.88 Å². The lowest BCUT2D eigenvalue weighted by molar-refractivity contribution is -0.0722. The Bertz CT molecular complexity index is 922. The molecule has 1 saturated heterocycles. The fourth-order valence-electron chi connectivity index (χ4n) is 3.02. The van der Waals surface area contributed by atoms with E-state index in [-0.39, 0.29) is 5.88 Å². The van der Waals surface area contributed by atoms with Crippen LogP contribution in [0, 0.1) is 0 Å². The predicted molar refractivity (Wildman–Crippen MR) is 91.0 cm³/mol. The summed E-state index contributed by atoms with van der Waals surface area (Å²) in [5, 5.41) is 19.8. The number of aliphatic hydroxyl groups is 1. The summed E-state index contributed by atoms with van der Waals surface area (Å²) in [6, 6.07) is 3.11. The molecule has 3 N–H and O–H groups in total. The molecule has 0 amide bonds. The Labute approximate surface area is 152 Å². The maximum Gasteiger partial charge on any atom is 0.388 e. The molecular weight excluding hydrogens is 362 g/mol. The van der Waals surface area contributed by atoms with Gasteiger partial charge in [-0.05, 0) is 6.07 Å². The summed E-state index contributed by atoms with van der Waals surface area (Å²) in [4.78, 5) is 8.84. The summed E-state index contributed by atoms with van der Waals surface area (Å²) in [7, 11) is 0. The van der Waals surface area contributed by atoms with Crippen molar-refractivity contribution in [1.82, 2.24) is 24.7 Å². The lowest BCUT2D eigenvalue weighted by Crippen LogP contribution is -2.40. The van der Waals surface area contributed by atoms with E-state index in [1.807, 2.05) is 16.8 Å². The van der Waals surface area contributed by atoms with E-state index in [0.29, 0.717) is 55.4 Å². The molecule has 1 aliphatic rings. The SMILES string of the molecule is OC1(Cn2ccc3ncc(Nc4cc(OC(F)F)n[nH]4)nc32)CCOCC1. The van der Waals surface area contributed by atoms with Crippen molar-refractivity contribution in [3.63, 3.8) is 0 Å². The number of aromatic amines is 1. The number of hydrogen-bond donors (Lipinski definition) is 3. The molecule has 27 heavy (non-hydrogen) atoms. The van der Waals surface area contributed by atoms with Gasteiger partial charge in [-0.15, -0.1) is 5.10 Å². The van der Waals surface area contributed by atoms with Crippen LogP contribution in [-0.2, 0) is 11.3 Å². The van der Waals surface area contributed by atoms with E-state index in [4.69, 9.17) is 4.74 Å². The van der Waals surface area contributed by atoms with Gasteiger partial charge in [0.15, 0.2) is 11.5 Å². The maximum absolute atomic E-state index is 12.2. The van der Waals surface area contributed by atoms with Crippen molar-refractivity contribution < 1.29 is 23.4 Å². The minimum absolute atomic E-state index is 0.230. The molecule has 1 aliphatic heterocycles. The van der Waals surface area contributed by atoms with Crippen LogP contribution in [-0.4, -0.2) is 55.3 Å². The summed E-state index contributed by atoms with van der Waals surface area (Å²) in [6.45, 7) is -1.51. The summed E-state index contributed by atoms with van der Waals surface area (Å²) < 4.78 is 35.8. The van der Waals surface area contributed by atoms with Gasteiger partial charge >= 0.3 is 6.61 Å². The minimum Gasteiger partial charge on any atom is -0.415 e. The Balaban J connectivity index is 1.53. The number of nitrogens with zero attached hydrogens (tertiary/aromatic N) is 4.